The zero-order chi connectivity index (χ0) is 51.2. The number of fused-ring (bicyclic) bond motifs is 3. The van der Waals surface area contributed by atoms with Gasteiger partial charge >= 0.3 is 13.8 Å². The SMILES string of the molecule is CO[C@H]1C[C@@H]2CC[C@@H](C)[C@@](O)(O2)C(=O)C(=O)N2CCCC[C@H]2C(=O)OC([C@H](C)C[C@@H]2CCC(OC[P+](C)=O)[C@H](OC)C2)CC(=O)[C@H](C)/C=C(\C)[C@@H](O)[C@@H](OC)C(=O)[C@H](C)C[C@H](C)/C=C/C=C/C=C/1C. The van der Waals surface area contributed by atoms with Crippen LogP contribution in [-0.4, -0.2) is 140 Å². The predicted octanol–water partition coefficient (Wildman–Crippen LogP) is 7.62. The lowest BCUT2D eigenvalue weighted by molar-refractivity contribution is -0.265. The van der Waals surface area contributed by atoms with Crippen LogP contribution in [0.3, 0.4) is 0 Å². The maximum absolute atomic E-state index is 14.5. The van der Waals surface area contributed by atoms with Crippen LogP contribution in [0.4, 0.5) is 0 Å². The minimum atomic E-state index is -2.44. The van der Waals surface area contributed by atoms with E-state index >= 15 is 0 Å². The summed E-state index contributed by atoms with van der Waals surface area (Å²) in [7, 11) is 3.09. The Kier molecular flexibility index (Phi) is 23.3. The molecule has 0 spiro atoms. The zero-order valence-electron chi connectivity index (χ0n) is 43.1. The van der Waals surface area contributed by atoms with Gasteiger partial charge in [0.1, 0.15) is 36.8 Å². The molecule has 16 heteroatoms. The first-order valence-electron chi connectivity index (χ1n) is 25.1. The lowest BCUT2D eigenvalue weighted by Gasteiger charge is -2.42. The fourth-order valence-corrected chi connectivity index (χ4v) is 10.9. The number of cyclic esters (lactones) is 1. The highest BCUT2D eigenvalue weighted by Gasteiger charge is 2.53. The minimum absolute atomic E-state index is 0.0133. The molecular weight excluding hydrogens is 906 g/mol. The van der Waals surface area contributed by atoms with Gasteiger partial charge in [0.05, 0.1) is 24.4 Å². The summed E-state index contributed by atoms with van der Waals surface area (Å²) in [4.78, 5) is 72.2. The minimum Gasteiger partial charge on any atom is -0.460 e. The molecule has 1 saturated carbocycles. The van der Waals surface area contributed by atoms with Crippen LogP contribution in [0, 0.1) is 35.5 Å². The van der Waals surface area contributed by atoms with Crippen LogP contribution in [0.2, 0.25) is 0 Å². The van der Waals surface area contributed by atoms with E-state index in [9.17, 15) is 38.8 Å². The number of aliphatic hydroxyl groups is 2. The second-order valence-corrected chi connectivity index (χ2v) is 22.0. The third-order valence-corrected chi connectivity index (χ3v) is 15.4. The molecule has 15 nitrogen and oxygen atoms in total. The number of esters is 1. The Morgan fingerprint density at radius 1 is 0.870 bits per heavy atom. The van der Waals surface area contributed by atoms with Crippen molar-refractivity contribution in [3.63, 3.8) is 0 Å². The number of carbonyl (C=O) groups excluding carboxylic acids is 5. The van der Waals surface area contributed by atoms with E-state index in [4.69, 9.17) is 28.4 Å². The molecule has 2 saturated heterocycles. The third kappa shape index (κ3) is 16.1. The largest absolute Gasteiger partial charge is 0.460 e. The molecule has 2 N–H and O–H groups in total. The number of allylic oxidation sites excluding steroid dienone is 6. The highest BCUT2D eigenvalue weighted by Crippen LogP contribution is 2.38. The standard InChI is InChI=1S/C53H83NO14P/c1-32-17-13-12-14-18-33(2)44(63-8)29-40-22-20-38(7)53(61,68-40)50(58)51(59)54-24-16-15-19-41(54)52(60)67-45(35(4)27-39-21-23-43(46(28-39)64-9)66-31-69(11)62)30-42(55)34(3)26-37(6)48(57)49(65-10)47(56)36(5)25-32/h12-14,17-18,26,32,34-36,38-41,43-46,48-49,57,61H,15-16,19-25,27-31H2,1-11H3/q+1/b14-12+,17-13+,33-18+,37-26+/t32-,34-,35-,36-,38-,39+,40+,41+,43?,44+,45?,46-,48-,49+,53-/m1/s1. The Labute approximate surface area is 411 Å². The highest BCUT2D eigenvalue weighted by molar-refractivity contribution is 7.43. The number of Topliss-reactive ketones (excluding diaryl/α,β-unsaturated/α-hetero) is 3. The Hall–Kier alpha value is -3.27. The fourth-order valence-electron chi connectivity index (χ4n) is 10.5. The smallest absolute Gasteiger partial charge is 0.363 e. The predicted molar refractivity (Wildman–Crippen MR) is 262 cm³/mol. The van der Waals surface area contributed by atoms with Crippen LogP contribution >= 0.6 is 7.80 Å². The van der Waals surface area contributed by atoms with E-state index in [1.54, 1.807) is 47.7 Å². The number of piperidine rings is 1. The third-order valence-electron chi connectivity index (χ3n) is 14.9. The first-order valence-corrected chi connectivity index (χ1v) is 27.0. The monoisotopic (exact) mass is 989 g/mol. The van der Waals surface area contributed by atoms with Crippen molar-refractivity contribution in [3.05, 3.63) is 47.6 Å². The van der Waals surface area contributed by atoms with Crippen molar-refractivity contribution >= 4 is 37.0 Å². The molecule has 388 valence electrons. The van der Waals surface area contributed by atoms with Gasteiger partial charge in [-0.3, -0.25) is 19.2 Å². The van der Waals surface area contributed by atoms with Crippen LogP contribution in [-0.2, 0) is 57.0 Å². The summed E-state index contributed by atoms with van der Waals surface area (Å²) >= 11 is 0. The number of ether oxygens (including phenoxy) is 6. The Balaban J connectivity index is 1.70. The van der Waals surface area contributed by atoms with E-state index in [0.717, 1.165) is 12.0 Å². The number of amides is 1. The molecule has 3 unspecified atom stereocenters. The lowest BCUT2D eigenvalue weighted by atomic mass is 9.78. The molecule has 0 aromatic rings. The Morgan fingerprint density at radius 2 is 1.59 bits per heavy atom. The van der Waals surface area contributed by atoms with Crippen molar-refractivity contribution in [2.45, 2.75) is 180 Å². The van der Waals surface area contributed by atoms with Crippen molar-refractivity contribution in [3.8, 4) is 0 Å². The summed E-state index contributed by atoms with van der Waals surface area (Å²) in [6.07, 6.45) is 11.9. The van der Waals surface area contributed by atoms with Gasteiger partial charge in [-0.25, -0.2) is 4.79 Å². The Morgan fingerprint density at radius 3 is 2.26 bits per heavy atom. The van der Waals surface area contributed by atoms with Crippen LogP contribution in [0.5, 0.6) is 0 Å². The number of ketones is 3. The summed E-state index contributed by atoms with van der Waals surface area (Å²) in [6.45, 7) is 14.4. The molecule has 3 heterocycles. The van der Waals surface area contributed by atoms with Gasteiger partial charge < -0.3 is 43.5 Å². The summed E-state index contributed by atoms with van der Waals surface area (Å²) in [5, 5.41) is 23.5. The zero-order valence-corrected chi connectivity index (χ0v) is 44.0. The van der Waals surface area contributed by atoms with E-state index in [0.29, 0.717) is 63.4 Å². The van der Waals surface area contributed by atoms with Crippen LogP contribution in [0.15, 0.2) is 47.6 Å². The average molecular weight is 989 g/mol. The molecule has 0 radical (unpaired) electrons. The number of aliphatic hydroxyl groups excluding tert-OH is 1. The van der Waals surface area contributed by atoms with Crippen molar-refractivity contribution < 1.29 is 67.2 Å². The number of hydrogen-bond donors (Lipinski definition) is 2. The number of methoxy groups -OCH3 is 3. The van der Waals surface area contributed by atoms with Crippen molar-refractivity contribution in [2.24, 2.45) is 35.5 Å². The first kappa shape index (κ1) is 58.3. The summed E-state index contributed by atoms with van der Waals surface area (Å²) in [5.41, 5.74) is 1.26. The normalized spacial score (nSPS) is 39.0. The van der Waals surface area contributed by atoms with Crippen LogP contribution in [0.1, 0.15) is 126 Å². The van der Waals surface area contributed by atoms with Gasteiger partial charge in [0.25, 0.3) is 11.7 Å². The van der Waals surface area contributed by atoms with E-state index < -0.39 is 85.6 Å². The molecule has 3 aliphatic heterocycles. The molecule has 69 heavy (non-hydrogen) atoms. The van der Waals surface area contributed by atoms with E-state index in [1.807, 2.05) is 58.1 Å². The number of rotatable bonds is 9. The van der Waals surface area contributed by atoms with Crippen molar-refractivity contribution in [2.75, 3.05) is 40.9 Å². The molecule has 4 rings (SSSR count). The van der Waals surface area contributed by atoms with Gasteiger partial charge in [0, 0.05) is 58.5 Å². The quantitative estimate of drug-likeness (QED) is 0.0989. The molecule has 3 fully saturated rings. The van der Waals surface area contributed by atoms with E-state index in [1.165, 1.54) is 12.0 Å². The first-order chi connectivity index (χ1) is 32.6. The second kappa shape index (κ2) is 27.5. The number of nitrogens with zero attached hydrogens (tertiary/aromatic N) is 1. The molecule has 1 amide bonds. The topological polar surface area (TPSA) is 201 Å². The maximum Gasteiger partial charge on any atom is 0.363 e. The van der Waals surface area contributed by atoms with Gasteiger partial charge in [-0.15, -0.1) is 0 Å². The van der Waals surface area contributed by atoms with Gasteiger partial charge in [0.2, 0.25) is 12.1 Å². The van der Waals surface area contributed by atoms with Crippen LogP contribution < -0.4 is 0 Å². The number of carbonyl (C=O) groups is 5. The van der Waals surface area contributed by atoms with Crippen LogP contribution in [0.25, 0.3) is 0 Å². The molecule has 2 bridgehead atoms. The van der Waals surface area contributed by atoms with Gasteiger partial charge in [0.15, 0.2) is 5.78 Å². The second-order valence-electron chi connectivity index (χ2n) is 20.5. The molecule has 0 aromatic heterocycles. The van der Waals surface area contributed by atoms with Crippen molar-refractivity contribution in [1.82, 2.24) is 4.90 Å². The van der Waals surface area contributed by atoms with E-state index in [2.05, 4.69) is 0 Å². The van der Waals surface area contributed by atoms with Gasteiger partial charge in [-0.05, 0) is 107 Å². The average Bonchev–Trinajstić information content (AvgIpc) is 3.32. The van der Waals surface area contributed by atoms with E-state index in [-0.39, 0.29) is 67.3 Å². The van der Waals surface area contributed by atoms with Crippen molar-refractivity contribution in [1.29, 1.82) is 0 Å². The molecule has 1 aliphatic carbocycles. The fraction of sp³-hybridized carbons (Fsp3) is 0.755. The summed E-state index contributed by atoms with van der Waals surface area (Å²) < 4.78 is 47.5. The Bertz CT molecular complexity index is 1900. The molecular formula is C53H83NO14P+. The van der Waals surface area contributed by atoms with Gasteiger partial charge in [-0.1, -0.05) is 75.6 Å². The summed E-state index contributed by atoms with van der Waals surface area (Å²) in [5.74, 6) is -8.03. The maximum atomic E-state index is 14.5. The number of hydrogen-bond acceptors (Lipinski definition) is 14. The molecule has 16 atom stereocenters. The highest BCUT2D eigenvalue weighted by atomic mass is 31.1. The summed E-state index contributed by atoms with van der Waals surface area (Å²) in [6, 6.07) is -1.15. The molecule has 0 aromatic carbocycles. The van der Waals surface area contributed by atoms with Gasteiger partial charge in [-0.2, -0.15) is 0 Å². The lowest BCUT2D eigenvalue weighted by Crippen LogP contribution is -2.61. The molecule has 4 aliphatic rings.